The molecular weight excluding hydrogens is 299 g/mol. The molecule has 1 aliphatic carbocycles. The summed E-state index contributed by atoms with van der Waals surface area (Å²) in [5.74, 6) is -0.382. The predicted octanol–water partition coefficient (Wildman–Crippen LogP) is 3.61. The van der Waals surface area contributed by atoms with E-state index in [4.69, 9.17) is 9.47 Å². The summed E-state index contributed by atoms with van der Waals surface area (Å²) in [5.41, 5.74) is -1.74. The number of ether oxygens (including phenoxy) is 2. The Morgan fingerprint density at radius 3 is 2.36 bits per heavy atom. The van der Waals surface area contributed by atoms with Crippen LogP contribution in [0.3, 0.4) is 0 Å². The van der Waals surface area contributed by atoms with Gasteiger partial charge in [0.2, 0.25) is 0 Å². The standard InChI is InChI=1S/C15H18F3NO3/c1-9(2)22-12-7-10(15(16,17)18)6-11(8-12)19-13(20)14(21-3)4-5-14/h6-9H,4-5H2,1-3H3,(H,19,20). The summed E-state index contributed by atoms with van der Waals surface area (Å²) in [6.07, 6.45) is -3.68. The zero-order valence-corrected chi connectivity index (χ0v) is 12.6. The zero-order valence-electron chi connectivity index (χ0n) is 12.6. The van der Waals surface area contributed by atoms with Gasteiger partial charge in [0, 0.05) is 18.9 Å². The second-order valence-electron chi connectivity index (χ2n) is 5.56. The molecule has 1 saturated carbocycles. The Morgan fingerprint density at radius 1 is 1.27 bits per heavy atom. The third-order valence-corrected chi connectivity index (χ3v) is 3.37. The van der Waals surface area contributed by atoms with Crippen molar-refractivity contribution in [2.45, 2.75) is 44.6 Å². The first-order chi connectivity index (χ1) is 10.2. The van der Waals surface area contributed by atoms with Crippen molar-refractivity contribution in [2.24, 2.45) is 0 Å². The first-order valence-electron chi connectivity index (χ1n) is 6.92. The second-order valence-corrected chi connectivity index (χ2v) is 5.56. The van der Waals surface area contributed by atoms with Crippen molar-refractivity contribution >= 4 is 11.6 Å². The van der Waals surface area contributed by atoms with Crippen molar-refractivity contribution in [1.82, 2.24) is 0 Å². The minimum atomic E-state index is -4.52. The van der Waals surface area contributed by atoms with Crippen LogP contribution in [0.4, 0.5) is 18.9 Å². The second kappa shape index (κ2) is 5.79. The molecule has 122 valence electrons. The van der Waals surface area contributed by atoms with Crippen molar-refractivity contribution in [3.05, 3.63) is 23.8 Å². The molecule has 0 bridgehead atoms. The normalized spacial score (nSPS) is 16.5. The van der Waals surface area contributed by atoms with E-state index >= 15 is 0 Å². The highest BCUT2D eigenvalue weighted by molar-refractivity contribution is 5.99. The summed E-state index contributed by atoms with van der Waals surface area (Å²) in [5, 5.41) is 2.48. The Kier molecular flexibility index (Phi) is 4.37. The number of halogens is 3. The van der Waals surface area contributed by atoms with Gasteiger partial charge in [-0.15, -0.1) is 0 Å². The number of hydrogen-bond acceptors (Lipinski definition) is 3. The predicted molar refractivity (Wildman–Crippen MR) is 74.8 cm³/mol. The maximum atomic E-state index is 12.9. The summed E-state index contributed by atoms with van der Waals surface area (Å²) in [4.78, 5) is 12.1. The van der Waals surface area contributed by atoms with Crippen molar-refractivity contribution in [3.63, 3.8) is 0 Å². The molecule has 0 radical (unpaired) electrons. The molecule has 0 saturated heterocycles. The number of hydrogen-bond donors (Lipinski definition) is 1. The van der Waals surface area contributed by atoms with Gasteiger partial charge in [0.15, 0.2) is 0 Å². The van der Waals surface area contributed by atoms with E-state index in [1.807, 2.05) is 0 Å². The lowest BCUT2D eigenvalue weighted by atomic mass is 10.1. The van der Waals surface area contributed by atoms with Gasteiger partial charge in [0.25, 0.3) is 5.91 Å². The lowest BCUT2D eigenvalue weighted by Gasteiger charge is -2.17. The third kappa shape index (κ3) is 3.71. The molecule has 1 aromatic carbocycles. The van der Waals surface area contributed by atoms with Crippen molar-refractivity contribution in [1.29, 1.82) is 0 Å². The van der Waals surface area contributed by atoms with E-state index in [-0.39, 0.29) is 17.5 Å². The van der Waals surface area contributed by atoms with Gasteiger partial charge in [0.05, 0.1) is 11.7 Å². The Labute approximate surface area is 126 Å². The first-order valence-corrected chi connectivity index (χ1v) is 6.92. The number of methoxy groups -OCH3 is 1. The Bertz CT molecular complexity index is 566. The molecular formula is C15H18F3NO3. The van der Waals surface area contributed by atoms with Crippen LogP contribution in [0.15, 0.2) is 18.2 Å². The number of benzene rings is 1. The van der Waals surface area contributed by atoms with Crippen LogP contribution in [0, 0.1) is 0 Å². The van der Waals surface area contributed by atoms with Gasteiger partial charge < -0.3 is 14.8 Å². The molecule has 7 heteroatoms. The summed E-state index contributed by atoms with van der Waals surface area (Å²) in [6.45, 7) is 3.42. The number of carbonyl (C=O) groups is 1. The smallest absolute Gasteiger partial charge is 0.416 e. The van der Waals surface area contributed by atoms with Crippen LogP contribution >= 0.6 is 0 Å². The number of carbonyl (C=O) groups excluding carboxylic acids is 1. The fourth-order valence-corrected chi connectivity index (χ4v) is 2.06. The van der Waals surface area contributed by atoms with E-state index in [1.54, 1.807) is 13.8 Å². The van der Waals surface area contributed by atoms with Gasteiger partial charge in [-0.2, -0.15) is 13.2 Å². The lowest BCUT2D eigenvalue weighted by Crippen LogP contribution is -2.31. The monoisotopic (exact) mass is 317 g/mol. The summed E-state index contributed by atoms with van der Waals surface area (Å²) >= 11 is 0. The Morgan fingerprint density at radius 2 is 1.91 bits per heavy atom. The summed E-state index contributed by atoms with van der Waals surface area (Å²) < 4.78 is 49.3. The van der Waals surface area contributed by atoms with Crippen LogP contribution in [-0.2, 0) is 15.7 Å². The van der Waals surface area contributed by atoms with E-state index in [0.717, 1.165) is 12.1 Å². The maximum Gasteiger partial charge on any atom is 0.416 e. The average Bonchev–Trinajstić information content (AvgIpc) is 3.17. The van der Waals surface area contributed by atoms with Crippen LogP contribution in [0.1, 0.15) is 32.3 Å². The molecule has 1 aromatic rings. The van der Waals surface area contributed by atoms with E-state index in [9.17, 15) is 18.0 Å². The van der Waals surface area contributed by atoms with Crippen LogP contribution in [0.2, 0.25) is 0 Å². The molecule has 1 fully saturated rings. The van der Waals surface area contributed by atoms with Crippen LogP contribution in [-0.4, -0.2) is 24.7 Å². The van der Waals surface area contributed by atoms with Crippen molar-refractivity contribution in [2.75, 3.05) is 12.4 Å². The van der Waals surface area contributed by atoms with Crippen LogP contribution in [0.5, 0.6) is 5.75 Å². The van der Waals surface area contributed by atoms with Crippen molar-refractivity contribution < 1.29 is 27.4 Å². The highest BCUT2D eigenvalue weighted by Gasteiger charge is 2.50. The van der Waals surface area contributed by atoms with Gasteiger partial charge in [-0.1, -0.05) is 0 Å². The van der Waals surface area contributed by atoms with Gasteiger partial charge in [-0.25, -0.2) is 0 Å². The third-order valence-electron chi connectivity index (χ3n) is 3.37. The number of amides is 1. The minimum Gasteiger partial charge on any atom is -0.491 e. The van der Waals surface area contributed by atoms with E-state index in [2.05, 4.69) is 5.32 Å². The first kappa shape index (κ1) is 16.6. The Balaban J connectivity index is 2.27. The van der Waals surface area contributed by atoms with Crippen molar-refractivity contribution in [3.8, 4) is 5.75 Å². The van der Waals surface area contributed by atoms with Gasteiger partial charge >= 0.3 is 6.18 Å². The summed E-state index contributed by atoms with van der Waals surface area (Å²) in [7, 11) is 1.41. The largest absolute Gasteiger partial charge is 0.491 e. The fourth-order valence-electron chi connectivity index (χ4n) is 2.06. The maximum absolute atomic E-state index is 12.9. The molecule has 1 N–H and O–H groups in total. The Hall–Kier alpha value is -1.76. The van der Waals surface area contributed by atoms with Gasteiger partial charge in [0.1, 0.15) is 11.4 Å². The fraction of sp³-hybridized carbons (Fsp3) is 0.533. The van der Waals surface area contributed by atoms with Crippen LogP contribution in [0.25, 0.3) is 0 Å². The molecule has 0 aromatic heterocycles. The number of anilines is 1. The number of rotatable bonds is 5. The highest BCUT2D eigenvalue weighted by Crippen LogP contribution is 2.40. The molecule has 0 atom stereocenters. The molecule has 0 spiro atoms. The lowest BCUT2D eigenvalue weighted by molar-refractivity contribution is -0.137. The molecule has 2 rings (SSSR count). The highest BCUT2D eigenvalue weighted by atomic mass is 19.4. The van der Waals surface area contributed by atoms with E-state index < -0.39 is 23.2 Å². The van der Waals surface area contributed by atoms with E-state index in [1.165, 1.54) is 13.2 Å². The molecule has 1 amide bonds. The number of alkyl halides is 3. The quantitative estimate of drug-likeness (QED) is 0.902. The van der Waals surface area contributed by atoms with E-state index in [0.29, 0.717) is 12.8 Å². The van der Waals surface area contributed by atoms with Gasteiger partial charge in [-0.05, 0) is 38.8 Å². The summed E-state index contributed by atoms with van der Waals surface area (Å²) in [6, 6.07) is 3.18. The molecule has 4 nitrogen and oxygen atoms in total. The molecule has 22 heavy (non-hydrogen) atoms. The SMILES string of the molecule is COC1(C(=O)Nc2cc(OC(C)C)cc(C(F)(F)F)c2)CC1. The van der Waals surface area contributed by atoms with Gasteiger partial charge in [-0.3, -0.25) is 4.79 Å². The minimum absolute atomic E-state index is 0.0406. The number of nitrogens with one attached hydrogen (secondary N) is 1. The average molecular weight is 317 g/mol. The molecule has 1 aliphatic rings. The topological polar surface area (TPSA) is 47.6 Å². The molecule has 0 heterocycles. The molecule has 0 aliphatic heterocycles. The zero-order chi connectivity index (χ0) is 16.5. The molecule has 0 unspecified atom stereocenters. The van der Waals surface area contributed by atoms with Crippen LogP contribution < -0.4 is 10.1 Å².